The van der Waals surface area contributed by atoms with Gasteiger partial charge in [-0.3, -0.25) is 19.6 Å². The minimum absolute atomic E-state index is 0.0950. The van der Waals surface area contributed by atoms with E-state index in [1.165, 1.54) is 43.7 Å². The molecule has 1 atom stereocenters. The SMILES string of the molecule is CN=C(NCCN1C(=O)CNC1=O)NCC(C(C)C)N1CCCCCC1. The fourth-order valence-electron chi connectivity index (χ4n) is 3.60. The molecule has 148 valence electrons. The molecular weight excluding hydrogens is 332 g/mol. The summed E-state index contributed by atoms with van der Waals surface area (Å²) in [4.78, 5) is 31.2. The van der Waals surface area contributed by atoms with Crippen LogP contribution < -0.4 is 16.0 Å². The predicted octanol–water partition coefficient (Wildman–Crippen LogP) is 0.604. The Balaban J connectivity index is 1.78. The molecule has 2 heterocycles. The summed E-state index contributed by atoms with van der Waals surface area (Å²) in [5, 5.41) is 9.13. The van der Waals surface area contributed by atoms with Crippen molar-refractivity contribution in [3.63, 3.8) is 0 Å². The molecule has 26 heavy (non-hydrogen) atoms. The summed E-state index contributed by atoms with van der Waals surface area (Å²) in [7, 11) is 1.74. The van der Waals surface area contributed by atoms with E-state index in [0.29, 0.717) is 31.0 Å². The molecule has 0 spiro atoms. The maximum atomic E-state index is 11.6. The number of rotatable bonds is 7. The Labute approximate surface area is 156 Å². The van der Waals surface area contributed by atoms with Crippen molar-refractivity contribution in [2.24, 2.45) is 10.9 Å². The molecule has 0 aromatic carbocycles. The van der Waals surface area contributed by atoms with Gasteiger partial charge in [0, 0.05) is 32.7 Å². The number of aliphatic imine (C=N–C) groups is 1. The van der Waals surface area contributed by atoms with Gasteiger partial charge in [0.15, 0.2) is 5.96 Å². The van der Waals surface area contributed by atoms with Gasteiger partial charge in [0.25, 0.3) is 0 Å². The van der Waals surface area contributed by atoms with E-state index >= 15 is 0 Å². The first-order valence-corrected chi connectivity index (χ1v) is 9.79. The average Bonchev–Trinajstić information content (AvgIpc) is 2.82. The van der Waals surface area contributed by atoms with E-state index in [4.69, 9.17) is 0 Å². The number of carbonyl (C=O) groups is 2. The van der Waals surface area contributed by atoms with E-state index in [-0.39, 0.29) is 18.5 Å². The van der Waals surface area contributed by atoms with Crippen LogP contribution in [0.4, 0.5) is 4.79 Å². The van der Waals surface area contributed by atoms with Crippen LogP contribution in [-0.4, -0.2) is 80.1 Å². The van der Waals surface area contributed by atoms with Crippen LogP contribution in [-0.2, 0) is 4.79 Å². The second-order valence-corrected chi connectivity index (χ2v) is 7.35. The number of hydrogen-bond acceptors (Lipinski definition) is 4. The number of hydrogen-bond donors (Lipinski definition) is 3. The Morgan fingerprint density at radius 2 is 1.85 bits per heavy atom. The van der Waals surface area contributed by atoms with Gasteiger partial charge in [-0.15, -0.1) is 0 Å². The highest BCUT2D eigenvalue weighted by Gasteiger charge is 2.28. The monoisotopic (exact) mass is 366 g/mol. The number of nitrogens with one attached hydrogen (secondary N) is 3. The van der Waals surface area contributed by atoms with E-state index in [9.17, 15) is 9.59 Å². The molecule has 0 saturated carbocycles. The molecule has 3 N–H and O–H groups in total. The predicted molar refractivity (Wildman–Crippen MR) is 103 cm³/mol. The summed E-state index contributed by atoms with van der Waals surface area (Å²) in [6.45, 7) is 8.62. The molecule has 8 nitrogen and oxygen atoms in total. The minimum Gasteiger partial charge on any atom is -0.355 e. The van der Waals surface area contributed by atoms with E-state index in [0.717, 1.165) is 6.54 Å². The molecule has 2 aliphatic heterocycles. The first-order chi connectivity index (χ1) is 12.5. The number of imide groups is 1. The van der Waals surface area contributed by atoms with Crippen molar-refractivity contribution in [3.05, 3.63) is 0 Å². The molecule has 2 aliphatic rings. The van der Waals surface area contributed by atoms with E-state index in [2.05, 4.69) is 39.7 Å². The molecule has 0 bridgehead atoms. The quantitative estimate of drug-likeness (QED) is 0.349. The first kappa shape index (κ1) is 20.5. The number of amides is 3. The second-order valence-electron chi connectivity index (χ2n) is 7.35. The standard InChI is InChI=1S/C18H34N6O2/c1-14(2)15(23-9-6-4-5-7-10-23)12-21-17(19-3)20-8-11-24-16(25)13-22-18(24)26/h14-15H,4-13H2,1-3H3,(H,22,26)(H2,19,20,21). The molecule has 0 aromatic heterocycles. The van der Waals surface area contributed by atoms with Crippen LogP contribution in [0, 0.1) is 5.92 Å². The summed E-state index contributed by atoms with van der Waals surface area (Å²) in [6.07, 6.45) is 5.23. The lowest BCUT2D eigenvalue weighted by atomic mass is 10.0. The van der Waals surface area contributed by atoms with Gasteiger partial charge in [-0.25, -0.2) is 4.79 Å². The molecule has 8 heteroatoms. The van der Waals surface area contributed by atoms with Crippen LogP contribution in [0.15, 0.2) is 4.99 Å². The highest BCUT2D eigenvalue weighted by molar-refractivity contribution is 6.01. The van der Waals surface area contributed by atoms with Crippen LogP contribution in [0.1, 0.15) is 39.5 Å². The van der Waals surface area contributed by atoms with Gasteiger partial charge in [-0.1, -0.05) is 26.7 Å². The van der Waals surface area contributed by atoms with Gasteiger partial charge in [0.05, 0.1) is 6.54 Å². The van der Waals surface area contributed by atoms with Crippen LogP contribution in [0.5, 0.6) is 0 Å². The Bertz CT molecular complexity index is 484. The van der Waals surface area contributed by atoms with Gasteiger partial charge >= 0.3 is 6.03 Å². The Morgan fingerprint density at radius 1 is 1.15 bits per heavy atom. The Morgan fingerprint density at radius 3 is 2.38 bits per heavy atom. The zero-order valence-corrected chi connectivity index (χ0v) is 16.4. The van der Waals surface area contributed by atoms with Crippen LogP contribution >= 0.6 is 0 Å². The lowest BCUT2D eigenvalue weighted by Gasteiger charge is -2.34. The molecule has 1 unspecified atom stereocenters. The molecule has 2 saturated heterocycles. The molecule has 0 aliphatic carbocycles. The van der Waals surface area contributed by atoms with Crippen molar-refractivity contribution in [1.82, 2.24) is 25.8 Å². The maximum Gasteiger partial charge on any atom is 0.324 e. The molecule has 2 fully saturated rings. The summed E-state index contributed by atoms with van der Waals surface area (Å²) < 4.78 is 0. The average molecular weight is 367 g/mol. The van der Waals surface area contributed by atoms with Crippen LogP contribution in [0.2, 0.25) is 0 Å². The summed E-state index contributed by atoms with van der Waals surface area (Å²) in [5.74, 6) is 1.09. The topological polar surface area (TPSA) is 89.1 Å². The number of urea groups is 1. The zero-order valence-electron chi connectivity index (χ0n) is 16.4. The third kappa shape index (κ3) is 5.86. The van der Waals surface area contributed by atoms with Crippen molar-refractivity contribution in [3.8, 4) is 0 Å². The third-order valence-electron chi connectivity index (χ3n) is 5.15. The maximum absolute atomic E-state index is 11.6. The van der Waals surface area contributed by atoms with Gasteiger partial charge in [0.2, 0.25) is 5.91 Å². The molecule has 2 rings (SSSR count). The van der Waals surface area contributed by atoms with E-state index in [1.54, 1.807) is 7.05 Å². The first-order valence-electron chi connectivity index (χ1n) is 9.79. The smallest absolute Gasteiger partial charge is 0.324 e. The molecule has 0 radical (unpaired) electrons. The molecule has 3 amide bonds. The van der Waals surface area contributed by atoms with Crippen LogP contribution in [0.25, 0.3) is 0 Å². The van der Waals surface area contributed by atoms with Crippen molar-refractivity contribution >= 4 is 17.9 Å². The second kappa shape index (κ2) is 10.4. The number of nitrogens with zero attached hydrogens (tertiary/aromatic N) is 3. The number of carbonyl (C=O) groups excluding carboxylic acids is 2. The van der Waals surface area contributed by atoms with Gasteiger partial charge in [0.1, 0.15) is 0 Å². The van der Waals surface area contributed by atoms with E-state index in [1.807, 2.05) is 0 Å². The Hall–Kier alpha value is -1.83. The third-order valence-corrected chi connectivity index (χ3v) is 5.15. The number of likely N-dealkylation sites (tertiary alicyclic amines) is 1. The summed E-state index contributed by atoms with van der Waals surface area (Å²) >= 11 is 0. The molecule has 0 aromatic rings. The largest absolute Gasteiger partial charge is 0.355 e. The van der Waals surface area contributed by atoms with Gasteiger partial charge in [-0.05, 0) is 31.8 Å². The number of guanidine groups is 1. The van der Waals surface area contributed by atoms with Crippen molar-refractivity contribution in [2.45, 2.75) is 45.6 Å². The fourth-order valence-corrected chi connectivity index (χ4v) is 3.60. The zero-order chi connectivity index (χ0) is 18.9. The summed E-state index contributed by atoms with van der Waals surface area (Å²) in [6, 6.07) is 0.151. The Kier molecular flexibility index (Phi) is 8.15. The van der Waals surface area contributed by atoms with Crippen LogP contribution in [0.3, 0.4) is 0 Å². The van der Waals surface area contributed by atoms with E-state index < -0.39 is 0 Å². The molecular formula is C18H34N6O2. The van der Waals surface area contributed by atoms with Gasteiger partial charge < -0.3 is 16.0 Å². The van der Waals surface area contributed by atoms with Crippen molar-refractivity contribution in [2.75, 3.05) is 46.3 Å². The van der Waals surface area contributed by atoms with Crippen molar-refractivity contribution < 1.29 is 9.59 Å². The minimum atomic E-state index is -0.319. The van der Waals surface area contributed by atoms with Gasteiger partial charge in [-0.2, -0.15) is 0 Å². The highest BCUT2D eigenvalue weighted by atomic mass is 16.2. The normalized spacial score (nSPS) is 20.9. The lowest BCUT2D eigenvalue weighted by molar-refractivity contribution is -0.124. The highest BCUT2D eigenvalue weighted by Crippen LogP contribution is 2.17. The van der Waals surface area contributed by atoms with Crippen molar-refractivity contribution in [1.29, 1.82) is 0 Å². The summed E-state index contributed by atoms with van der Waals surface area (Å²) in [5.41, 5.74) is 0. The lowest BCUT2D eigenvalue weighted by Crippen LogP contribution is -2.50. The fraction of sp³-hybridized carbons (Fsp3) is 0.833.